The Morgan fingerprint density at radius 1 is 0.939 bits per heavy atom. The maximum absolute atomic E-state index is 13.1. The third kappa shape index (κ3) is 4.52. The summed E-state index contributed by atoms with van der Waals surface area (Å²) in [7, 11) is 0. The maximum atomic E-state index is 13.1. The molecule has 1 N–H and O–H groups in total. The maximum Gasteiger partial charge on any atom is 0.228 e. The van der Waals surface area contributed by atoms with Crippen molar-refractivity contribution in [1.82, 2.24) is 4.90 Å². The molecule has 2 aromatic rings. The molecular formula is C27H31N3O3. The van der Waals surface area contributed by atoms with Gasteiger partial charge < -0.3 is 15.1 Å². The van der Waals surface area contributed by atoms with Crippen LogP contribution in [0.25, 0.3) is 0 Å². The molecule has 2 saturated heterocycles. The molecule has 172 valence electrons. The molecule has 2 heterocycles. The van der Waals surface area contributed by atoms with E-state index in [4.69, 9.17) is 0 Å². The van der Waals surface area contributed by atoms with Crippen LogP contribution in [0.1, 0.15) is 42.4 Å². The van der Waals surface area contributed by atoms with Gasteiger partial charge in [0.25, 0.3) is 0 Å². The zero-order valence-corrected chi connectivity index (χ0v) is 19.2. The SMILES string of the molecule is Cc1ccc(N2CC(C(=O)N3CCC(C(=O)Nc4ccc5c(c4)CCC5)CC3)CC2=O)cc1. The Bertz CT molecular complexity index is 1070. The molecule has 0 spiro atoms. The first-order valence-corrected chi connectivity index (χ1v) is 12.1. The van der Waals surface area contributed by atoms with Crippen LogP contribution in [0, 0.1) is 18.8 Å². The third-order valence-corrected chi connectivity index (χ3v) is 7.36. The van der Waals surface area contributed by atoms with Crippen molar-refractivity contribution in [1.29, 1.82) is 0 Å². The van der Waals surface area contributed by atoms with E-state index in [9.17, 15) is 14.4 Å². The van der Waals surface area contributed by atoms with Gasteiger partial charge in [-0.05, 0) is 74.4 Å². The normalized spacial score (nSPS) is 20.8. The zero-order valence-electron chi connectivity index (χ0n) is 19.2. The molecular weight excluding hydrogens is 414 g/mol. The Hall–Kier alpha value is -3.15. The first kappa shape index (κ1) is 21.7. The molecule has 3 amide bonds. The van der Waals surface area contributed by atoms with Crippen molar-refractivity contribution in [2.45, 2.75) is 45.4 Å². The summed E-state index contributed by atoms with van der Waals surface area (Å²) >= 11 is 0. The minimum atomic E-state index is -0.310. The molecule has 1 aliphatic carbocycles. The number of carbonyl (C=O) groups excluding carboxylic acids is 3. The van der Waals surface area contributed by atoms with Gasteiger partial charge in [-0.25, -0.2) is 0 Å². The summed E-state index contributed by atoms with van der Waals surface area (Å²) in [6, 6.07) is 14.1. The van der Waals surface area contributed by atoms with E-state index in [1.54, 1.807) is 4.90 Å². The van der Waals surface area contributed by atoms with Crippen molar-refractivity contribution in [2.24, 2.45) is 11.8 Å². The van der Waals surface area contributed by atoms with Crippen LogP contribution in [0.5, 0.6) is 0 Å². The van der Waals surface area contributed by atoms with Crippen molar-refractivity contribution >= 4 is 29.1 Å². The van der Waals surface area contributed by atoms with Crippen LogP contribution >= 0.6 is 0 Å². The van der Waals surface area contributed by atoms with Crippen LogP contribution in [-0.2, 0) is 27.2 Å². The largest absolute Gasteiger partial charge is 0.342 e. The van der Waals surface area contributed by atoms with Gasteiger partial charge in [-0.3, -0.25) is 14.4 Å². The number of nitrogens with zero attached hydrogens (tertiary/aromatic N) is 2. The van der Waals surface area contributed by atoms with E-state index in [1.165, 1.54) is 17.5 Å². The van der Waals surface area contributed by atoms with Crippen LogP contribution in [0.4, 0.5) is 11.4 Å². The first-order chi connectivity index (χ1) is 16.0. The van der Waals surface area contributed by atoms with E-state index in [0.29, 0.717) is 32.5 Å². The van der Waals surface area contributed by atoms with E-state index in [0.717, 1.165) is 29.8 Å². The molecule has 0 radical (unpaired) electrons. The van der Waals surface area contributed by atoms with E-state index >= 15 is 0 Å². The monoisotopic (exact) mass is 445 g/mol. The molecule has 2 aliphatic heterocycles. The average molecular weight is 446 g/mol. The Labute approximate surface area is 194 Å². The Balaban J connectivity index is 1.14. The van der Waals surface area contributed by atoms with Gasteiger partial charge in [0, 0.05) is 43.3 Å². The number of likely N-dealkylation sites (tertiary alicyclic amines) is 1. The number of amides is 3. The van der Waals surface area contributed by atoms with Gasteiger partial charge in [0.15, 0.2) is 0 Å². The third-order valence-electron chi connectivity index (χ3n) is 7.36. The summed E-state index contributed by atoms with van der Waals surface area (Å²) in [4.78, 5) is 42.0. The molecule has 3 aliphatic rings. The van der Waals surface area contributed by atoms with Crippen LogP contribution in [0.2, 0.25) is 0 Å². The van der Waals surface area contributed by atoms with E-state index in [-0.39, 0.29) is 36.0 Å². The van der Waals surface area contributed by atoms with Crippen molar-refractivity contribution in [3.05, 3.63) is 59.2 Å². The smallest absolute Gasteiger partial charge is 0.228 e. The van der Waals surface area contributed by atoms with Crippen LogP contribution in [0.15, 0.2) is 42.5 Å². The van der Waals surface area contributed by atoms with Crippen molar-refractivity contribution < 1.29 is 14.4 Å². The number of piperidine rings is 1. The highest BCUT2D eigenvalue weighted by atomic mass is 16.2. The quantitative estimate of drug-likeness (QED) is 0.780. The molecule has 1 unspecified atom stereocenters. The molecule has 2 aromatic carbocycles. The second-order valence-electron chi connectivity index (χ2n) is 9.67. The molecule has 0 aromatic heterocycles. The fourth-order valence-corrected chi connectivity index (χ4v) is 5.36. The number of anilines is 2. The lowest BCUT2D eigenvalue weighted by atomic mass is 9.94. The number of rotatable bonds is 4. The molecule has 0 saturated carbocycles. The second kappa shape index (κ2) is 9.00. The highest BCUT2D eigenvalue weighted by Crippen LogP contribution is 2.29. The van der Waals surface area contributed by atoms with Crippen LogP contribution < -0.4 is 10.2 Å². The van der Waals surface area contributed by atoms with Crippen molar-refractivity contribution in [2.75, 3.05) is 29.9 Å². The molecule has 6 heteroatoms. The van der Waals surface area contributed by atoms with Gasteiger partial charge in [-0.15, -0.1) is 0 Å². The van der Waals surface area contributed by atoms with Crippen LogP contribution in [-0.4, -0.2) is 42.3 Å². The number of hydrogen-bond donors (Lipinski definition) is 1. The molecule has 33 heavy (non-hydrogen) atoms. The average Bonchev–Trinajstić information content (AvgIpc) is 3.45. The van der Waals surface area contributed by atoms with Crippen molar-refractivity contribution in [3.8, 4) is 0 Å². The lowest BCUT2D eigenvalue weighted by Gasteiger charge is -2.33. The number of hydrogen-bond acceptors (Lipinski definition) is 3. The predicted molar refractivity (Wildman–Crippen MR) is 128 cm³/mol. The number of carbonyl (C=O) groups is 3. The van der Waals surface area contributed by atoms with Gasteiger partial charge in [0.2, 0.25) is 17.7 Å². The molecule has 6 nitrogen and oxygen atoms in total. The predicted octanol–water partition coefficient (Wildman–Crippen LogP) is 3.71. The standard InChI is InChI=1S/C27H31N3O3/c1-18-5-9-24(10-6-18)30-17-22(16-25(30)31)27(33)29-13-11-20(12-14-29)26(32)28-23-8-7-19-3-2-4-21(19)15-23/h5-10,15,20,22H,2-4,11-14,16-17H2,1H3,(H,28,32). The number of aryl methyl sites for hydroxylation is 3. The van der Waals surface area contributed by atoms with E-state index in [1.807, 2.05) is 42.2 Å². The number of fused-ring (bicyclic) bond motifs is 1. The summed E-state index contributed by atoms with van der Waals surface area (Å²) in [5.74, 6) is -0.315. The topological polar surface area (TPSA) is 69.7 Å². The highest BCUT2D eigenvalue weighted by molar-refractivity contribution is 6.00. The summed E-state index contributed by atoms with van der Waals surface area (Å²) in [6.07, 6.45) is 4.98. The minimum Gasteiger partial charge on any atom is -0.342 e. The van der Waals surface area contributed by atoms with Gasteiger partial charge in [0.05, 0.1) is 5.92 Å². The van der Waals surface area contributed by atoms with Crippen molar-refractivity contribution in [3.63, 3.8) is 0 Å². The number of benzene rings is 2. The first-order valence-electron chi connectivity index (χ1n) is 12.1. The molecule has 1 atom stereocenters. The van der Waals surface area contributed by atoms with Gasteiger partial charge in [0.1, 0.15) is 0 Å². The molecule has 0 bridgehead atoms. The summed E-state index contributed by atoms with van der Waals surface area (Å²) < 4.78 is 0. The van der Waals surface area contributed by atoms with E-state index in [2.05, 4.69) is 17.4 Å². The number of nitrogens with one attached hydrogen (secondary N) is 1. The second-order valence-corrected chi connectivity index (χ2v) is 9.67. The minimum absolute atomic E-state index is 0.000753. The lowest BCUT2D eigenvalue weighted by Crippen LogP contribution is -2.44. The summed E-state index contributed by atoms with van der Waals surface area (Å²) in [5, 5.41) is 3.08. The molecule has 2 fully saturated rings. The Kier molecular flexibility index (Phi) is 5.92. The highest BCUT2D eigenvalue weighted by Gasteiger charge is 2.38. The zero-order chi connectivity index (χ0) is 22.9. The van der Waals surface area contributed by atoms with Crippen LogP contribution in [0.3, 0.4) is 0 Å². The summed E-state index contributed by atoms with van der Waals surface area (Å²) in [6.45, 7) is 3.57. The Morgan fingerprint density at radius 2 is 1.67 bits per heavy atom. The molecule has 5 rings (SSSR count). The fraction of sp³-hybridized carbons (Fsp3) is 0.444. The lowest BCUT2D eigenvalue weighted by molar-refractivity contribution is -0.138. The van der Waals surface area contributed by atoms with Gasteiger partial charge in [-0.1, -0.05) is 23.8 Å². The van der Waals surface area contributed by atoms with Gasteiger partial charge >= 0.3 is 0 Å². The summed E-state index contributed by atoms with van der Waals surface area (Å²) in [5.41, 5.74) is 5.61. The van der Waals surface area contributed by atoms with E-state index < -0.39 is 0 Å². The van der Waals surface area contributed by atoms with Gasteiger partial charge in [-0.2, -0.15) is 0 Å². The Morgan fingerprint density at radius 3 is 2.42 bits per heavy atom. The fourth-order valence-electron chi connectivity index (χ4n) is 5.36.